The Balaban J connectivity index is 1.52. The highest BCUT2D eigenvalue weighted by atomic mass is 19.4. The molecule has 1 saturated heterocycles. The first-order valence-electron chi connectivity index (χ1n) is 10.9. The summed E-state index contributed by atoms with van der Waals surface area (Å²) in [5.74, 6) is 0.106. The molecule has 1 aliphatic rings. The Morgan fingerprint density at radius 1 is 1.06 bits per heavy atom. The Labute approximate surface area is 200 Å². The summed E-state index contributed by atoms with van der Waals surface area (Å²) in [5, 5.41) is 3.97. The highest BCUT2D eigenvalue weighted by Crippen LogP contribution is 2.24. The quantitative estimate of drug-likeness (QED) is 0.412. The molecule has 190 valence electrons. The number of oxime groups is 1. The summed E-state index contributed by atoms with van der Waals surface area (Å²) < 4.78 is 52.0. The van der Waals surface area contributed by atoms with Crippen LogP contribution in [0.3, 0.4) is 0 Å². The molecule has 0 unspecified atom stereocenters. The third-order valence-electron chi connectivity index (χ3n) is 4.78. The number of carbonyl (C=O) groups is 1. The number of ether oxygens (including phenoxy) is 3. The zero-order chi connectivity index (χ0) is 25.6. The lowest BCUT2D eigenvalue weighted by molar-refractivity contribution is -0.274. The largest absolute Gasteiger partial charge is 0.573 e. The van der Waals surface area contributed by atoms with Gasteiger partial charge in [-0.2, -0.15) is 4.98 Å². The van der Waals surface area contributed by atoms with Crippen LogP contribution in [-0.4, -0.2) is 57.8 Å². The molecule has 1 amide bonds. The van der Waals surface area contributed by atoms with E-state index in [4.69, 9.17) is 14.3 Å². The number of alkyl halides is 3. The minimum Gasteiger partial charge on any atom is -0.474 e. The number of piperidine rings is 1. The van der Waals surface area contributed by atoms with Crippen molar-refractivity contribution in [2.75, 3.05) is 13.1 Å². The van der Waals surface area contributed by atoms with Crippen LogP contribution in [0.2, 0.25) is 0 Å². The Morgan fingerprint density at radius 2 is 1.69 bits per heavy atom. The molecule has 0 atom stereocenters. The summed E-state index contributed by atoms with van der Waals surface area (Å²) in [5.41, 5.74) is 0.411. The van der Waals surface area contributed by atoms with Crippen molar-refractivity contribution in [3.8, 4) is 17.5 Å². The molecule has 12 heteroatoms. The van der Waals surface area contributed by atoms with Crippen molar-refractivity contribution in [3.05, 3.63) is 42.2 Å². The summed E-state index contributed by atoms with van der Waals surface area (Å²) in [4.78, 5) is 27.2. The van der Waals surface area contributed by atoms with Crippen molar-refractivity contribution in [1.82, 2.24) is 14.9 Å². The number of aromatic nitrogens is 2. The molecule has 0 spiro atoms. The predicted octanol–water partition coefficient (Wildman–Crippen LogP) is 4.96. The van der Waals surface area contributed by atoms with E-state index in [0.29, 0.717) is 43.1 Å². The molecule has 3 rings (SSSR count). The van der Waals surface area contributed by atoms with Gasteiger partial charge in [-0.25, -0.2) is 9.78 Å². The number of hydrogen-bond donors (Lipinski definition) is 0. The number of nitrogens with zero attached hydrogens (tertiary/aromatic N) is 4. The number of amides is 1. The Hall–Kier alpha value is -3.57. The number of hydrogen-bond acceptors (Lipinski definition) is 8. The van der Waals surface area contributed by atoms with Crippen molar-refractivity contribution in [1.29, 1.82) is 0 Å². The fraction of sp³-hybridized carbons (Fsp3) is 0.478. The molecule has 35 heavy (non-hydrogen) atoms. The first kappa shape index (κ1) is 26.0. The molecule has 2 heterocycles. The van der Waals surface area contributed by atoms with E-state index in [1.807, 2.05) is 20.8 Å². The van der Waals surface area contributed by atoms with Crippen molar-refractivity contribution >= 4 is 11.8 Å². The third-order valence-corrected chi connectivity index (χ3v) is 4.78. The van der Waals surface area contributed by atoms with Gasteiger partial charge in [0.1, 0.15) is 23.8 Å². The van der Waals surface area contributed by atoms with Crippen LogP contribution in [0, 0.1) is 0 Å². The molecular weight excluding hydrogens is 469 g/mol. The summed E-state index contributed by atoms with van der Waals surface area (Å²) in [6, 6.07) is 6.72. The van der Waals surface area contributed by atoms with Gasteiger partial charge in [0.05, 0.1) is 11.8 Å². The van der Waals surface area contributed by atoms with Crippen LogP contribution in [0.1, 0.15) is 46.1 Å². The van der Waals surface area contributed by atoms with E-state index in [1.165, 1.54) is 36.7 Å². The molecule has 0 bridgehead atoms. The topological polar surface area (TPSA) is 95.4 Å². The molecule has 9 nitrogen and oxygen atoms in total. The van der Waals surface area contributed by atoms with E-state index in [-0.39, 0.29) is 23.8 Å². The second-order valence-corrected chi connectivity index (χ2v) is 8.82. The van der Waals surface area contributed by atoms with Crippen molar-refractivity contribution in [3.63, 3.8) is 0 Å². The van der Waals surface area contributed by atoms with E-state index >= 15 is 0 Å². The van der Waals surface area contributed by atoms with Crippen molar-refractivity contribution in [2.45, 2.75) is 58.6 Å². The van der Waals surface area contributed by atoms with Gasteiger partial charge in [0.15, 0.2) is 0 Å². The molecule has 1 aromatic carbocycles. The fourth-order valence-electron chi connectivity index (χ4n) is 3.16. The third kappa shape index (κ3) is 8.62. The molecule has 0 radical (unpaired) electrons. The molecule has 1 aliphatic heterocycles. The highest BCUT2D eigenvalue weighted by molar-refractivity contribution is 5.98. The Kier molecular flexibility index (Phi) is 8.03. The van der Waals surface area contributed by atoms with Gasteiger partial charge in [-0.15, -0.1) is 13.2 Å². The zero-order valence-corrected chi connectivity index (χ0v) is 19.8. The van der Waals surface area contributed by atoms with Gasteiger partial charge in [-0.3, -0.25) is 0 Å². The molecule has 1 aromatic heterocycles. The van der Waals surface area contributed by atoms with E-state index in [9.17, 15) is 18.0 Å². The van der Waals surface area contributed by atoms with Gasteiger partial charge in [0.25, 0.3) is 5.88 Å². The highest BCUT2D eigenvalue weighted by Gasteiger charge is 2.31. The summed E-state index contributed by atoms with van der Waals surface area (Å²) >= 11 is 0. The lowest BCUT2D eigenvalue weighted by Crippen LogP contribution is -2.44. The van der Waals surface area contributed by atoms with Crippen LogP contribution >= 0.6 is 0 Å². The van der Waals surface area contributed by atoms with Crippen LogP contribution in [0.4, 0.5) is 18.0 Å². The first-order chi connectivity index (χ1) is 16.4. The van der Waals surface area contributed by atoms with Gasteiger partial charge in [-0.05, 0) is 57.5 Å². The van der Waals surface area contributed by atoms with E-state index < -0.39 is 12.0 Å². The number of likely N-dealkylation sites (tertiary alicyclic amines) is 1. The number of benzene rings is 1. The number of carbonyl (C=O) groups excluding carboxylic acids is 1. The van der Waals surface area contributed by atoms with Gasteiger partial charge < -0.3 is 23.9 Å². The molecule has 0 aliphatic carbocycles. The Morgan fingerprint density at radius 3 is 2.29 bits per heavy atom. The molecule has 0 saturated carbocycles. The maximum absolute atomic E-state index is 12.3. The van der Waals surface area contributed by atoms with Crippen LogP contribution in [0.15, 0.2) is 41.8 Å². The van der Waals surface area contributed by atoms with E-state index in [0.717, 1.165) is 0 Å². The molecule has 2 aromatic rings. The minimum atomic E-state index is -4.75. The summed E-state index contributed by atoms with van der Waals surface area (Å²) in [6.07, 6.45) is -2.73. The smallest absolute Gasteiger partial charge is 0.474 e. The average Bonchev–Trinajstić information content (AvgIpc) is 2.76. The second-order valence-electron chi connectivity index (χ2n) is 8.82. The van der Waals surface area contributed by atoms with E-state index in [1.54, 1.807) is 11.8 Å². The number of rotatable bonds is 6. The van der Waals surface area contributed by atoms with Crippen molar-refractivity contribution < 1.29 is 37.0 Å². The first-order valence-corrected chi connectivity index (χ1v) is 10.9. The maximum Gasteiger partial charge on any atom is 0.573 e. The Bertz CT molecular complexity index is 1030. The van der Waals surface area contributed by atoms with Gasteiger partial charge in [0.2, 0.25) is 5.88 Å². The average molecular weight is 496 g/mol. The van der Waals surface area contributed by atoms with Crippen LogP contribution in [-0.2, 0) is 4.74 Å². The maximum atomic E-state index is 12.3. The van der Waals surface area contributed by atoms with Gasteiger partial charge in [0, 0.05) is 25.9 Å². The second kappa shape index (κ2) is 10.8. The van der Waals surface area contributed by atoms with Gasteiger partial charge >= 0.3 is 12.5 Å². The van der Waals surface area contributed by atoms with E-state index in [2.05, 4.69) is 19.9 Å². The fourth-order valence-corrected chi connectivity index (χ4v) is 3.16. The van der Waals surface area contributed by atoms with Crippen LogP contribution < -0.4 is 14.3 Å². The minimum absolute atomic E-state index is 0.137. The summed E-state index contributed by atoms with van der Waals surface area (Å²) in [7, 11) is 0. The zero-order valence-electron chi connectivity index (χ0n) is 19.8. The molecule has 1 fully saturated rings. The SMILES string of the molecule is C/C(=N/Oc1cc(OC2CCN(C(=O)OC(C)(C)C)CC2)ncn1)c1ccc(OC(F)(F)F)cc1. The lowest BCUT2D eigenvalue weighted by Gasteiger charge is -2.33. The van der Waals surface area contributed by atoms with Crippen LogP contribution in [0.5, 0.6) is 17.5 Å². The lowest BCUT2D eigenvalue weighted by atomic mass is 10.1. The van der Waals surface area contributed by atoms with Crippen molar-refractivity contribution in [2.24, 2.45) is 5.16 Å². The van der Waals surface area contributed by atoms with Gasteiger partial charge in [-0.1, -0.05) is 5.16 Å². The predicted molar refractivity (Wildman–Crippen MR) is 119 cm³/mol. The molecular formula is C23H27F3N4O5. The molecule has 0 N–H and O–H groups in total. The van der Waals surface area contributed by atoms with Crippen LogP contribution in [0.25, 0.3) is 0 Å². The monoisotopic (exact) mass is 496 g/mol. The normalized spacial score (nSPS) is 15.5. The summed E-state index contributed by atoms with van der Waals surface area (Å²) in [6.45, 7) is 8.12. The number of halogens is 3. The standard InChI is InChI=1S/C23H27F3N4O5/c1-15(16-5-7-18(8-6-16)33-23(24,25)26)29-35-20-13-19(27-14-28-20)32-17-9-11-30(12-10-17)21(31)34-22(2,3)4/h5-8,13-14,17H,9-12H2,1-4H3/b29-15-.